The predicted octanol–water partition coefficient (Wildman–Crippen LogP) is 4.37. The average Bonchev–Trinajstić information content (AvgIpc) is 2.23. The fourth-order valence-corrected chi connectivity index (χ4v) is 2.22. The maximum atomic E-state index is 5.67. The zero-order chi connectivity index (χ0) is 11.9. The van der Waals surface area contributed by atoms with Gasteiger partial charge in [0.25, 0.3) is 0 Å². The minimum absolute atomic E-state index is 0.00652. The van der Waals surface area contributed by atoms with Crippen LogP contribution in [-0.2, 0) is 4.74 Å². The molecule has 0 fully saturated rings. The van der Waals surface area contributed by atoms with Crippen LogP contribution >= 0.6 is 11.8 Å². The van der Waals surface area contributed by atoms with Gasteiger partial charge in [0.15, 0.2) is 0 Å². The summed E-state index contributed by atoms with van der Waals surface area (Å²) < 4.78 is 5.67. The van der Waals surface area contributed by atoms with Crippen LogP contribution in [0, 0.1) is 0 Å². The van der Waals surface area contributed by atoms with Crippen molar-refractivity contribution >= 4 is 11.8 Å². The van der Waals surface area contributed by atoms with Crippen molar-refractivity contribution in [3.63, 3.8) is 0 Å². The van der Waals surface area contributed by atoms with E-state index in [-0.39, 0.29) is 5.60 Å². The first kappa shape index (κ1) is 13.6. The number of rotatable bonds is 6. The molecule has 0 saturated carbocycles. The Morgan fingerprint density at radius 1 is 1.06 bits per heavy atom. The summed E-state index contributed by atoms with van der Waals surface area (Å²) in [6.45, 7) is 7.18. The number of hydrogen-bond donors (Lipinski definition) is 0. The molecule has 0 amide bonds. The highest BCUT2D eigenvalue weighted by Crippen LogP contribution is 2.18. The number of unbranched alkanes of at least 4 members (excludes halogenated alkanes) is 1. The van der Waals surface area contributed by atoms with Gasteiger partial charge in [-0.15, -0.1) is 11.8 Å². The summed E-state index contributed by atoms with van der Waals surface area (Å²) in [5.74, 6) is 1.18. The molecule has 0 spiro atoms. The molecule has 0 aromatic heterocycles. The van der Waals surface area contributed by atoms with Gasteiger partial charge >= 0.3 is 0 Å². The predicted molar refractivity (Wildman–Crippen MR) is 72.1 cm³/mol. The summed E-state index contributed by atoms with van der Waals surface area (Å²) in [4.78, 5) is 1.36. The topological polar surface area (TPSA) is 9.23 Å². The van der Waals surface area contributed by atoms with Crippen molar-refractivity contribution < 1.29 is 4.74 Å². The molecule has 0 N–H and O–H groups in total. The zero-order valence-corrected chi connectivity index (χ0v) is 11.3. The second kappa shape index (κ2) is 6.97. The van der Waals surface area contributed by atoms with Crippen molar-refractivity contribution in [2.45, 2.75) is 44.1 Å². The largest absolute Gasteiger partial charge is 0.376 e. The first-order valence-corrected chi connectivity index (χ1v) is 6.88. The van der Waals surface area contributed by atoms with E-state index in [9.17, 15) is 0 Å². The van der Waals surface area contributed by atoms with Crippen molar-refractivity contribution in [3.8, 4) is 0 Å². The molecule has 1 aromatic carbocycles. The molecule has 1 rings (SSSR count). The Kier molecular flexibility index (Phi) is 5.93. The number of ether oxygens (including phenoxy) is 1. The molecule has 0 radical (unpaired) electrons. The fraction of sp³-hybridized carbons (Fsp3) is 0.571. The molecular weight excluding hydrogens is 216 g/mol. The quantitative estimate of drug-likeness (QED) is 0.537. The first-order valence-electron chi connectivity index (χ1n) is 5.90. The fourth-order valence-electron chi connectivity index (χ4n) is 1.29. The van der Waals surface area contributed by atoms with Crippen molar-refractivity contribution in [1.29, 1.82) is 0 Å². The van der Waals surface area contributed by atoms with E-state index in [0.29, 0.717) is 0 Å². The van der Waals surface area contributed by atoms with E-state index in [1.165, 1.54) is 17.1 Å². The van der Waals surface area contributed by atoms with E-state index < -0.39 is 0 Å². The minimum atomic E-state index is 0.00652. The third kappa shape index (κ3) is 6.91. The molecule has 1 nitrogen and oxygen atoms in total. The number of benzene rings is 1. The maximum absolute atomic E-state index is 5.67. The normalized spacial score (nSPS) is 11.7. The highest BCUT2D eigenvalue weighted by atomic mass is 32.2. The van der Waals surface area contributed by atoms with Gasteiger partial charge in [-0.05, 0) is 51.5 Å². The number of thioether (sulfide) groups is 1. The van der Waals surface area contributed by atoms with E-state index in [0.717, 1.165) is 13.0 Å². The van der Waals surface area contributed by atoms with Gasteiger partial charge in [-0.3, -0.25) is 0 Å². The highest BCUT2D eigenvalue weighted by molar-refractivity contribution is 7.99. The lowest BCUT2D eigenvalue weighted by atomic mass is 10.2. The molecule has 1 aromatic rings. The maximum Gasteiger partial charge on any atom is 0.0598 e. The Hall–Kier alpha value is -0.470. The Morgan fingerprint density at radius 2 is 1.75 bits per heavy atom. The van der Waals surface area contributed by atoms with E-state index >= 15 is 0 Å². The smallest absolute Gasteiger partial charge is 0.0598 e. The second-order valence-electron chi connectivity index (χ2n) is 4.83. The van der Waals surface area contributed by atoms with Crippen LogP contribution in [-0.4, -0.2) is 18.0 Å². The lowest BCUT2D eigenvalue weighted by Crippen LogP contribution is -2.19. The van der Waals surface area contributed by atoms with Gasteiger partial charge in [0, 0.05) is 11.5 Å². The van der Waals surface area contributed by atoms with Crippen LogP contribution in [0.15, 0.2) is 35.2 Å². The molecule has 2 heteroatoms. The van der Waals surface area contributed by atoms with Gasteiger partial charge in [0.2, 0.25) is 0 Å². The molecule has 0 aliphatic rings. The van der Waals surface area contributed by atoms with Gasteiger partial charge in [0.1, 0.15) is 0 Å². The van der Waals surface area contributed by atoms with Crippen molar-refractivity contribution in [2.75, 3.05) is 12.4 Å². The number of hydrogen-bond acceptors (Lipinski definition) is 2. The SMILES string of the molecule is CC(C)(C)OCCCCSc1ccccc1. The van der Waals surface area contributed by atoms with Crippen LogP contribution in [0.2, 0.25) is 0 Å². The molecular formula is C14H22OS. The summed E-state index contributed by atoms with van der Waals surface area (Å²) in [5, 5.41) is 0. The molecule has 0 bridgehead atoms. The van der Waals surface area contributed by atoms with Crippen molar-refractivity contribution in [2.24, 2.45) is 0 Å². The van der Waals surface area contributed by atoms with Crippen LogP contribution in [0.4, 0.5) is 0 Å². The van der Waals surface area contributed by atoms with Gasteiger partial charge in [-0.1, -0.05) is 18.2 Å². The second-order valence-corrected chi connectivity index (χ2v) is 6.00. The lowest BCUT2D eigenvalue weighted by molar-refractivity contribution is -0.00406. The molecule has 0 atom stereocenters. The molecule has 0 aliphatic heterocycles. The third-order valence-corrected chi connectivity index (χ3v) is 3.18. The summed E-state index contributed by atoms with van der Waals surface area (Å²) in [5.41, 5.74) is 0.00652. The molecule has 0 heterocycles. The lowest BCUT2D eigenvalue weighted by Gasteiger charge is -2.19. The summed E-state index contributed by atoms with van der Waals surface area (Å²) in [7, 11) is 0. The van der Waals surface area contributed by atoms with Crippen LogP contribution in [0.1, 0.15) is 33.6 Å². The zero-order valence-electron chi connectivity index (χ0n) is 10.5. The van der Waals surface area contributed by atoms with Crippen LogP contribution < -0.4 is 0 Å². The Labute approximate surface area is 104 Å². The van der Waals surface area contributed by atoms with Gasteiger partial charge in [-0.2, -0.15) is 0 Å². The van der Waals surface area contributed by atoms with Gasteiger partial charge in [-0.25, -0.2) is 0 Å². The molecule has 0 saturated heterocycles. The summed E-state index contributed by atoms with van der Waals surface area (Å²) in [6.07, 6.45) is 2.37. The minimum Gasteiger partial charge on any atom is -0.376 e. The van der Waals surface area contributed by atoms with Gasteiger partial charge < -0.3 is 4.74 Å². The van der Waals surface area contributed by atoms with Crippen molar-refractivity contribution in [3.05, 3.63) is 30.3 Å². The van der Waals surface area contributed by atoms with Gasteiger partial charge in [0.05, 0.1) is 5.60 Å². The molecule has 16 heavy (non-hydrogen) atoms. The molecule has 0 aliphatic carbocycles. The average molecular weight is 238 g/mol. The van der Waals surface area contributed by atoms with Crippen LogP contribution in [0.5, 0.6) is 0 Å². The summed E-state index contributed by atoms with van der Waals surface area (Å²) in [6, 6.07) is 10.6. The standard InChI is InChI=1S/C14H22OS/c1-14(2,3)15-11-7-8-12-16-13-9-5-4-6-10-13/h4-6,9-10H,7-8,11-12H2,1-3H3. The van der Waals surface area contributed by atoms with Crippen LogP contribution in [0.3, 0.4) is 0 Å². The van der Waals surface area contributed by atoms with E-state index in [1.54, 1.807) is 0 Å². The molecule has 90 valence electrons. The van der Waals surface area contributed by atoms with Crippen molar-refractivity contribution in [1.82, 2.24) is 0 Å². The Morgan fingerprint density at radius 3 is 2.38 bits per heavy atom. The van der Waals surface area contributed by atoms with E-state index in [1.807, 2.05) is 11.8 Å². The summed E-state index contributed by atoms with van der Waals surface area (Å²) >= 11 is 1.92. The van der Waals surface area contributed by atoms with E-state index in [4.69, 9.17) is 4.74 Å². The van der Waals surface area contributed by atoms with Crippen LogP contribution in [0.25, 0.3) is 0 Å². The monoisotopic (exact) mass is 238 g/mol. The molecule has 0 unspecified atom stereocenters. The van der Waals surface area contributed by atoms with E-state index in [2.05, 4.69) is 51.1 Å². The Bertz CT molecular complexity index is 277. The first-order chi connectivity index (χ1) is 7.58. The highest BCUT2D eigenvalue weighted by Gasteiger charge is 2.08. The third-order valence-electron chi connectivity index (χ3n) is 2.09. The Balaban J connectivity index is 2.01.